The first-order chi connectivity index (χ1) is 18.7. The smallest absolute Gasteiger partial charge is 0.263 e. The standard InChI is InChI=1S/C33H37N3O3/c1-21-22(2)36(20-24-9-7-11-28(17-24)39-33(3,4)32(38)34-5)30-15-14-27(18-29(21)30)31(37)35-19-23-8-6-10-26(16-23)25-12-13-25/h6-11,14-18,25H,12-13,19-20H2,1-5H3,(H,34,38)(H,35,37). The lowest BCUT2D eigenvalue weighted by Gasteiger charge is -2.24. The summed E-state index contributed by atoms with van der Waals surface area (Å²) in [6, 6.07) is 22.3. The van der Waals surface area contributed by atoms with Crippen LogP contribution in [0.3, 0.4) is 0 Å². The van der Waals surface area contributed by atoms with Crippen molar-refractivity contribution in [2.45, 2.75) is 65.1 Å². The van der Waals surface area contributed by atoms with Gasteiger partial charge in [0, 0.05) is 42.3 Å². The zero-order valence-electron chi connectivity index (χ0n) is 23.4. The third kappa shape index (κ3) is 5.70. The van der Waals surface area contributed by atoms with Crippen molar-refractivity contribution >= 4 is 22.7 Å². The van der Waals surface area contributed by atoms with Crippen molar-refractivity contribution in [1.82, 2.24) is 15.2 Å². The van der Waals surface area contributed by atoms with E-state index >= 15 is 0 Å². The van der Waals surface area contributed by atoms with Gasteiger partial charge >= 0.3 is 0 Å². The number of carbonyl (C=O) groups is 2. The van der Waals surface area contributed by atoms with Crippen LogP contribution in [-0.4, -0.2) is 29.0 Å². The Hall–Kier alpha value is -4.06. The molecule has 6 heteroatoms. The van der Waals surface area contributed by atoms with Gasteiger partial charge in [0.05, 0.1) is 0 Å². The van der Waals surface area contributed by atoms with Gasteiger partial charge in [-0.15, -0.1) is 0 Å². The Labute approximate surface area is 230 Å². The Bertz CT molecular complexity index is 1550. The van der Waals surface area contributed by atoms with Crippen LogP contribution < -0.4 is 15.4 Å². The average Bonchev–Trinajstić information content (AvgIpc) is 3.76. The Morgan fingerprint density at radius 1 is 0.974 bits per heavy atom. The highest BCUT2D eigenvalue weighted by Crippen LogP contribution is 2.40. The number of carbonyl (C=O) groups excluding carboxylic acids is 2. The first-order valence-electron chi connectivity index (χ1n) is 13.6. The summed E-state index contributed by atoms with van der Waals surface area (Å²) < 4.78 is 8.27. The normalized spacial score (nSPS) is 13.4. The van der Waals surface area contributed by atoms with Crippen LogP contribution >= 0.6 is 0 Å². The number of aryl methyl sites for hydroxylation is 1. The molecule has 1 aromatic heterocycles. The molecular formula is C33H37N3O3. The number of hydrogen-bond donors (Lipinski definition) is 2. The SMILES string of the molecule is CNC(=O)C(C)(C)Oc1cccc(Cn2c(C)c(C)c3cc(C(=O)NCc4cccc(C5CC5)c4)ccc32)c1. The molecule has 39 heavy (non-hydrogen) atoms. The molecule has 1 aliphatic carbocycles. The number of fused-ring (bicyclic) bond motifs is 1. The van der Waals surface area contributed by atoms with E-state index in [1.54, 1.807) is 20.9 Å². The first-order valence-corrected chi connectivity index (χ1v) is 13.6. The van der Waals surface area contributed by atoms with Crippen LogP contribution in [0.2, 0.25) is 0 Å². The second-order valence-electron chi connectivity index (χ2n) is 11.1. The van der Waals surface area contributed by atoms with Crippen LogP contribution in [0.4, 0.5) is 0 Å². The summed E-state index contributed by atoms with van der Waals surface area (Å²) in [4.78, 5) is 25.2. The fraction of sp³-hybridized carbons (Fsp3) is 0.333. The van der Waals surface area contributed by atoms with Gasteiger partial charge in [0.2, 0.25) is 0 Å². The molecule has 5 rings (SSSR count). The van der Waals surface area contributed by atoms with Crippen LogP contribution in [0, 0.1) is 13.8 Å². The second-order valence-corrected chi connectivity index (χ2v) is 11.1. The van der Waals surface area contributed by atoms with Gasteiger partial charge in [-0.1, -0.05) is 36.4 Å². The molecule has 202 valence electrons. The summed E-state index contributed by atoms with van der Waals surface area (Å²) in [5, 5.41) is 6.82. The van der Waals surface area contributed by atoms with Crippen molar-refractivity contribution in [3.63, 3.8) is 0 Å². The number of nitrogens with zero attached hydrogens (tertiary/aromatic N) is 1. The van der Waals surface area contributed by atoms with Gasteiger partial charge < -0.3 is 19.9 Å². The summed E-state index contributed by atoms with van der Waals surface area (Å²) in [6.45, 7) is 8.89. The van der Waals surface area contributed by atoms with Crippen LogP contribution in [-0.2, 0) is 17.9 Å². The van der Waals surface area contributed by atoms with Gasteiger partial charge in [0.15, 0.2) is 5.60 Å². The second kappa shape index (κ2) is 10.6. The van der Waals surface area contributed by atoms with E-state index in [0.717, 1.165) is 33.3 Å². The van der Waals surface area contributed by atoms with E-state index in [4.69, 9.17) is 4.74 Å². The Kier molecular flexibility index (Phi) is 7.21. The quantitative estimate of drug-likeness (QED) is 0.282. The average molecular weight is 524 g/mol. The van der Waals surface area contributed by atoms with E-state index in [2.05, 4.69) is 59.4 Å². The lowest BCUT2D eigenvalue weighted by Crippen LogP contribution is -2.45. The van der Waals surface area contributed by atoms with E-state index in [-0.39, 0.29) is 11.8 Å². The molecular weight excluding hydrogens is 486 g/mol. The number of amides is 2. The predicted octanol–water partition coefficient (Wildman–Crippen LogP) is 6.02. The topological polar surface area (TPSA) is 72.4 Å². The summed E-state index contributed by atoms with van der Waals surface area (Å²) in [6.07, 6.45) is 2.53. The molecule has 0 bridgehead atoms. The summed E-state index contributed by atoms with van der Waals surface area (Å²) in [5.41, 5.74) is 6.65. The summed E-state index contributed by atoms with van der Waals surface area (Å²) in [5.74, 6) is 1.10. The van der Waals surface area contributed by atoms with Crippen molar-refractivity contribution in [3.8, 4) is 5.75 Å². The highest BCUT2D eigenvalue weighted by molar-refractivity contribution is 5.99. The third-order valence-corrected chi connectivity index (χ3v) is 7.74. The van der Waals surface area contributed by atoms with E-state index < -0.39 is 5.60 Å². The van der Waals surface area contributed by atoms with Gasteiger partial charge in [0.25, 0.3) is 11.8 Å². The Balaban J connectivity index is 1.33. The Morgan fingerprint density at radius 3 is 2.46 bits per heavy atom. The van der Waals surface area contributed by atoms with Crippen molar-refractivity contribution in [3.05, 3.63) is 100 Å². The molecule has 2 amide bonds. The van der Waals surface area contributed by atoms with Gasteiger partial charge in [-0.2, -0.15) is 0 Å². The molecule has 3 aromatic carbocycles. The highest BCUT2D eigenvalue weighted by atomic mass is 16.5. The highest BCUT2D eigenvalue weighted by Gasteiger charge is 2.29. The van der Waals surface area contributed by atoms with Crippen molar-refractivity contribution in [2.24, 2.45) is 0 Å². The minimum atomic E-state index is -0.975. The minimum Gasteiger partial charge on any atom is -0.478 e. The molecule has 1 aliphatic rings. The number of nitrogens with one attached hydrogen (secondary N) is 2. The van der Waals surface area contributed by atoms with E-state index in [1.165, 1.54) is 18.4 Å². The van der Waals surface area contributed by atoms with E-state index in [1.807, 2.05) is 36.4 Å². The minimum absolute atomic E-state index is 0.0675. The monoisotopic (exact) mass is 523 g/mol. The van der Waals surface area contributed by atoms with Crippen LogP contribution in [0.25, 0.3) is 10.9 Å². The molecule has 6 nitrogen and oxygen atoms in total. The lowest BCUT2D eigenvalue weighted by atomic mass is 10.1. The maximum Gasteiger partial charge on any atom is 0.263 e. The number of benzene rings is 3. The Morgan fingerprint density at radius 2 is 1.72 bits per heavy atom. The van der Waals surface area contributed by atoms with Gasteiger partial charge in [0.1, 0.15) is 5.75 Å². The fourth-order valence-electron chi connectivity index (χ4n) is 5.18. The van der Waals surface area contributed by atoms with Gasteiger partial charge in [-0.25, -0.2) is 0 Å². The molecule has 1 fully saturated rings. The number of ether oxygens (including phenoxy) is 1. The summed E-state index contributed by atoms with van der Waals surface area (Å²) >= 11 is 0. The number of hydrogen-bond acceptors (Lipinski definition) is 3. The van der Waals surface area contributed by atoms with Crippen molar-refractivity contribution in [2.75, 3.05) is 7.05 Å². The van der Waals surface area contributed by atoms with Crippen LogP contribution in [0.5, 0.6) is 5.75 Å². The van der Waals surface area contributed by atoms with Crippen molar-refractivity contribution in [1.29, 1.82) is 0 Å². The number of likely N-dealkylation sites (N-methyl/N-ethyl adjacent to an activating group) is 1. The first kappa shape index (κ1) is 26.5. The fourth-order valence-corrected chi connectivity index (χ4v) is 5.18. The number of rotatable bonds is 9. The van der Waals surface area contributed by atoms with Crippen LogP contribution in [0.15, 0.2) is 66.7 Å². The molecule has 1 heterocycles. The maximum atomic E-state index is 13.0. The molecule has 1 saturated carbocycles. The van der Waals surface area contributed by atoms with Crippen molar-refractivity contribution < 1.29 is 14.3 Å². The third-order valence-electron chi connectivity index (χ3n) is 7.74. The molecule has 0 atom stereocenters. The van der Waals surface area contributed by atoms with E-state index in [0.29, 0.717) is 30.3 Å². The molecule has 2 N–H and O–H groups in total. The molecule has 4 aromatic rings. The molecule has 0 unspecified atom stereocenters. The largest absolute Gasteiger partial charge is 0.478 e. The van der Waals surface area contributed by atoms with Gasteiger partial charge in [-0.3, -0.25) is 9.59 Å². The maximum absolute atomic E-state index is 13.0. The molecule has 0 spiro atoms. The van der Waals surface area contributed by atoms with E-state index in [9.17, 15) is 9.59 Å². The molecule has 0 saturated heterocycles. The molecule has 0 aliphatic heterocycles. The molecule has 0 radical (unpaired) electrons. The zero-order chi connectivity index (χ0) is 27.7. The zero-order valence-corrected chi connectivity index (χ0v) is 23.4. The predicted molar refractivity (Wildman–Crippen MR) is 155 cm³/mol. The summed E-state index contributed by atoms with van der Waals surface area (Å²) in [7, 11) is 1.61. The van der Waals surface area contributed by atoms with Gasteiger partial charge in [-0.05, 0) is 99.0 Å². The number of aromatic nitrogens is 1. The lowest BCUT2D eigenvalue weighted by molar-refractivity contribution is -0.133. The van der Waals surface area contributed by atoms with Crippen LogP contribution in [0.1, 0.15) is 70.9 Å².